The first kappa shape index (κ1) is 21.4. The van der Waals surface area contributed by atoms with E-state index in [2.05, 4.69) is 17.2 Å². The molecule has 1 heterocycles. The van der Waals surface area contributed by atoms with Gasteiger partial charge in [0.05, 0.1) is 13.2 Å². The first-order valence-electron chi connectivity index (χ1n) is 9.48. The number of nitrogens with two attached hydrogens (primary N) is 1. The van der Waals surface area contributed by atoms with E-state index in [0.29, 0.717) is 12.4 Å². The van der Waals surface area contributed by atoms with E-state index >= 15 is 0 Å². The molecule has 7 heteroatoms. The molecular weight excluding hydrogens is 358 g/mol. The van der Waals surface area contributed by atoms with Crippen LogP contribution in [0.5, 0.6) is 11.5 Å². The van der Waals surface area contributed by atoms with Crippen molar-refractivity contribution in [3.05, 3.63) is 53.9 Å². The van der Waals surface area contributed by atoms with E-state index in [1.54, 1.807) is 6.07 Å². The molecule has 0 spiro atoms. The second-order valence-corrected chi connectivity index (χ2v) is 6.25. The Labute approximate surface area is 165 Å². The number of aromatic nitrogens is 1. The molecular formula is C21H27N3O4. The van der Waals surface area contributed by atoms with Crippen molar-refractivity contribution in [3.63, 3.8) is 0 Å². The van der Waals surface area contributed by atoms with E-state index in [4.69, 9.17) is 15.2 Å². The minimum Gasteiger partial charge on any atom is -0.490 e. The minimum atomic E-state index is -0.671. The number of nitrogens with zero attached hydrogens (tertiary/aromatic N) is 1. The van der Waals surface area contributed by atoms with Crippen LogP contribution in [-0.4, -0.2) is 29.9 Å². The summed E-state index contributed by atoms with van der Waals surface area (Å²) in [7, 11) is 0. The average Bonchev–Trinajstić information content (AvgIpc) is 2.72. The molecule has 0 aliphatic carbocycles. The predicted molar refractivity (Wildman–Crippen MR) is 106 cm³/mol. The van der Waals surface area contributed by atoms with Crippen LogP contribution in [-0.2, 0) is 11.4 Å². The summed E-state index contributed by atoms with van der Waals surface area (Å²) in [4.78, 5) is 28.0. The van der Waals surface area contributed by atoms with E-state index in [-0.39, 0.29) is 24.6 Å². The number of rotatable bonds is 11. The summed E-state index contributed by atoms with van der Waals surface area (Å²) in [6.45, 7) is 2.60. The summed E-state index contributed by atoms with van der Waals surface area (Å²) >= 11 is 0. The van der Waals surface area contributed by atoms with Crippen LogP contribution in [0, 0.1) is 0 Å². The van der Waals surface area contributed by atoms with Crippen molar-refractivity contribution < 1.29 is 19.1 Å². The Morgan fingerprint density at radius 1 is 1.07 bits per heavy atom. The van der Waals surface area contributed by atoms with E-state index < -0.39 is 11.8 Å². The Morgan fingerprint density at radius 2 is 1.86 bits per heavy atom. The highest BCUT2D eigenvalue weighted by molar-refractivity contribution is 6.05. The molecule has 0 saturated heterocycles. The lowest BCUT2D eigenvalue weighted by Crippen LogP contribution is -2.36. The standard InChI is InChI=1S/C21H27N3O4/c1-2-3-4-8-13-27-17-11-12-23-19(21(26)24-18(25)14-22)20(17)28-15-16-9-6-5-7-10-16/h5-7,9-12H,2-4,8,13-15,22H2,1H3,(H,24,25,26). The van der Waals surface area contributed by atoms with Crippen LogP contribution in [0.4, 0.5) is 0 Å². The molecule has 1 aromatic heterocycles. The summed E-state index contributed by atoms with van der Waals surface area (Å²) in [6.07, 6.45) is 5.71. The van der Waals surface area contributed by atoms with Crippen molar-refractivity contribution in [1.29, 1.82) is 0 Å². The predicted octanol–water partition coefficient (Wildman–Crippen LogP) is 2.83. The topological polar surface area (TPSA) is 104 Å². The number of imide groups is 1. The number of amides is 2. The number of pyridine rings is 1. The number of nitrogens with one attached hydrogen (secondary N) is 1. The molecule has 2 rings (SSSR count). The van der Waals surface area contributed by atoms with Gasteiger partial charge < -0.3 is 15.2 Å². The monoisotopic (exact) mass is 385 g/mol. The highest BCUT2D eigenvalue weighted by atomic mass is 16.5. The maximum atomic E-state index is 12.4. The summed E-state index contributed by atoms with van der Waals surface area (Å²) in [5, 5.41) is 2.19. The van der Waals surface area contributed by atoms with Crippen LogP contribution in [0.15, 0.2) is 42.6 Å². The van der Waals surface area contributed by atoms with Crippen LogP contribution in [0.3, 0.4) is 0 Å². The van der Waals surface area contributed by atoms with Gasteiger partial charge in [-0.1, -0.05) is 56.5 Å². The molecule has 7 nitrogen and oxygen atoms in total. The third-order valence-corrected chi connectivity index (χ3v) is 4.00. The zero-order valence-electron chi connectivity index (χ0n) is 16.1. The lowest BCUT2D eigenvalue weighted by molar-refractivity contribution is -0.118. The zero-order chi connectivity index (χ0) is 20.2. The van der Waals surface area contributed by atoms with Gasteiger partial charge in [-0.3, -0.25) is 14.9 Å². The van der Waals surface area contributed by atoms with Gasteiger partial charge in [-0.25, -0.2) is 4.98 Å². The number of hydrogen-bond acceptors (Lipinski definition) is 6. The molecule has 0 fully saturated rings. The number of carbonyl (C=O) groups is 2. The molecule has 2 aromatic rings. The fourth-order valence-electron chi connectivity index (χ4n) is 2.52. The van der Waals surface area contributed by atoms with Gasteiger partial charge in [-0.2, -0.15) is 0 Å². The maximum absolute atomic E-state index is 12.4. The van der Waals surface area contributed by atoms with Crippen LogP contribution in [0.1, 0.15) is 48.7 Å². The molecule has 0 atom stereocenters. The van der Waals surface area contributed by atoms with E-state index in [1.165, 1.54) is 6.20 Å². The maximum Gasteiger partial charge on any atom is 0.280 e. The fraction of sp³-hybridized carbons (Fsp3) is 0.381. The quantitative estimate of drug-likeness (QED) is 0.577. The largest absolute Gasteiger partial charge is 0.490 e. The summed E-state index contributed by atoms with van der Waals surface area (Å²) < 4.78 is 11.7. The molecule has 0 saturated carbocycles. The number of unbranched alkanes of at least 4 members (excludes halogenated alkanes) is 3. The number of carbonyl (C=O) groups excluding carboxylic acids is 2. The van der Waals surface area contributed by atoms with Crippen LogP contribution in [0.25, 0.3) is 0 Å². The number of benzene rings is 1. The second kappa shape index (κ2) is 11.7. The van der Waals surface area contributed by atoms with Crippen molar-refractivity contribution in [2.24, 2.45) is 5.73 Å². The molecule has 150 valence electrons. The van der Waals surface area contributed by atoms with Gasteiger partial charge in [0.1, 0.15) is 6.61 Å². The lowest BCUT2D eigenvalue weighted by atomic mass is 10.2. The van der Waals surface area contributed by atoms with Crippen molar-refractivity contribution in [1.82, 2.24) is 10.3 Å². The van der Waals surface area contributed by atoms with Gasteiger partial charge in [0.25, 0.3) is 5.91 Å². The van der Waals surface area contributed by atoms with Gasteiger partial charge in [-0.15, -0.1) is 0 Å². The van der Waals surface area contributed by atoms with Crippen molar-refractivity contribution in [3.8, 4) is 11.5 Å². The third kappa shape index (κ3) is 6.66. The zero-order valence-corrected chi connectivity index (χ0v) is 16.1. The van der Waals surface area contributed by atoms with Crippen molar-refractivity contribution in [2.75, 3.05) is 13.2 Å². The molecule has 28 heavy (non-hydrogen) atoms. The SMILES string of the molecule is CCCCCCOc1ccnc(C(=O)NC(=O)CN)c1OCc1ccccc1. The Bertz CT molecular complexity index is 766. The summed E-state index contributed by atoms with van der Waals surface area (Å²) in [5.74, 6) is -0.626. The number of ether oxygens (including phenoxy) is 2. The van der Waals surface area contributed by atoms with Crippen LogP contribution < -0.4 is 20.5 Å². The molecule has 3 N–H and O–H groups in total. The van der Waals surface area contributed by atoms with Gasteiger partial charge in [0.15, 0.2) is 17.2 Å². The Morgan fingerprint density at radius 3 is 2.57 bits per heavy atom. The fourth-order valence-corrected chi connectivity index (χ4v) is 2.52. The number of hydrogen-bond donors (Lipinski definition) is 2. The third-order valence-electron chi connectivity index (χ3n) is 4.00. The van der Waals surface area contributed by atoms with Gasteiger partial charge in [0, 0.05) is 12.3 Å². The summed E-state index contributed by atoms with van der Waals surface area (Å²) in [6, 6.07) is 11.2. The van der Waals surface area contributed by atoms with Gasteiger partial charge >= 0.3 is 0 Å². The van der Waals surface area contributed by atoms with Gasteiger partial charge in [-0.05, 0) is 12.0 Å². The van der Waals surface area contributed by atoms with E-state index in [9.17, 15) is 9.59 Å². The highest BCUT2D eigenvalue weighted by Crippen LogP contribution is 2.31. The van der Waals surface area contributed by atoms with Crippen molar-refractivity contribution in [2.45, 2.75) is 39.2 Å². The van der Waals surface area contributed by atoms with Gasteiger partial charge in [0.2, 0.25) is 5.91 Å². The molecule has 0 aliphatic heterocycles. The molecule has 0 bridgehead atoms. The average molecular weight is 385 g/mol. The van der Waals surface area contributed by atoms with E-state index in [0.717, 1.165) is 31.2 Å². The Kier molecular flexibility index (Phi) is 8.94. The Hall–Kier alpha value is -2.93. The molecule has 0 aliphatic rings. The molecule has 1 aromatic carbocycles. The molecule has 0 radical (unpaired) electrons. The summed E-state index contributed by atoms with van der Waals surface area (Å²) in [5.41, 5.74) is 6.19. The van der Waals surface area contributed by atoms with E-state index in [1.807, 2.05) is 30.3 Å². The second-order valence-electron chi connectivity index (χ2n) is 6.25. The minimum absolute atomic E-state index is 0.0104. The lowest BCUT2D eigenvalue weighted by Gasteiger charge is -2.15. The van der Waals surface area contributed by atoms with Crippen LogP contribution in [0.2, 0.25) is 0 Å². The smallest absolute Gasteiger partial charge is 0.280 e. The molecule has 2 amide bonds. The van der Waals surface area contributed by atoms with Crippen molar-refractivity contribution >= 4 is 11.8 Å². The normalized spacial score (nSPS) is 10.4. The van der Waals surface area contributed by atoms with Crippen LogP contribution >= 0.6 is 0 Å². The molecule has 0 unspecified atom stereocenters. The highest BCUT2D eigenvalue weighted by Gasteiger charge is 2.21. The Balaban J connectivity index is 2.18. The first-order chi connectivity index (χ1) is 13.7. The first-order valence-corrected chi connectivity index (χ1v) is 9.48.